The quantitative estimate of drug-likeness (QED) is 0.502. The molecule has 80 valence electrons. The topological polar surface area (TPSA) is 38.8 Å². The summed E-state index contributed by atoms with van der Waals surface area (Å²) in [4.78, 5) is 11.3. The van der Waals surface area contributed by atoms with Crippen LogP contribution in [-0.4, -0.2) is 24.8 Å². The smallest absolute Gasteiger partial charge is 0.338 e. The summed E-state index contributed by atoms with van der Waals surface area (Å²) in [6.07, 6.45) is 5.98. The first-order valence-electron chi connectivity index (χ1n) is 5.44. The largest absolute Gasteiger partial charge is 0.467 e. The van der Waals surface area contributed by atoms with E-state index in [2.05, 4.69) is 0 Å². The second-order valence-electron chi connectivity index (χ2n) is 4.54. The van der Waals surface area contributed by atoms with Gasteiger partial charge < -0.3 is 9.47 Å². The van der Waals surface area contributed by atoms with Crippen LogP contribution in [0.2, 0.25) is 0 Å². The minimum absolute atomic E-state index is 0.210. The maximum Gasteiger partial charge on any atom is 0.338 e. The second-order valence-corrected chi connectivity index (χ2v) is 4.54. The van der Waals surface area contributed by atoms with Crippen molar-refractivity contribution in [1.29, 1.82) is 0 Å². The first-order chi connectivity index (χ1) is 6.68. The predicted molar refractivity (Wildman–Crippen MR) is 51.9 cm³/mol. The van der Waals surface area contributed by atoms with Crippen LogP contribution in [-0.2, 0) is 14.3 Å². The van der Waals surface area contributed by atoms with E-state index in [1.54, 1.807) is 0 Å². The zero-order chi connectivity index (χ0) is 10.2. The van der Waals surface area contributed by atoms with Crippen LogP contribution in [0.15, 0.2) is 0 Å². The van der Waals surface area contributed by atoms with Gasteiger partial charge in [0.1, 0.15) is 5.60 Å². The van der Waals surface area contributed by atoms with Gasteiger partial charge >= 0.3 is 5.97 Å². The van der Waals surface area contributed by atoms with Crippen molar-refractivity contribution in [2.24, 2.45) is 5.92 Å². The van der Waals surface area contributed by atoms with E-state index in [0.717, 1.165) is 0 Å². The number of hydrogen-bond acceptors (Lipinski definition) is 3. The molecule has 1 saturated carbocycles. The summed E-state index contributed by atoms with van der Waals surface area (Å²) in [5.41, 5.74) is -0.215. The van der Waals surface area contributed by atoms with E-state index >= 15 is 0 Å². The lowest BCUT2D eigenvalue weighted by Gasteiger charge is -2.25. The minimum Gasteiger partial charge on any atom is -0.467 e. The Hall–Kier alpha value is -0.570. The summed E-state index contributed by atoms with van der Waals surface area (Å²) < 4.78 is 10.2. The molecule has 14 heavy (non-hydrogen) atoms. The van der Waals surface area contributed by atoms with E-state index in [9.17, 15) is 4.79 Å². The van der Waals surface area contributed by atoms with Gasteiger partial charge in [0.15, 0.2) is 6.10 Å². The van der Waals surface area contributed by atoms with Crippen molar-refractivity contribution in [3.05, 3.63) is 0 Å². The molecule has 0 N–H and O–H groups in total. The van der Waals surface area contributed by atoms with Crippen LogP contribution in [0.25, 0.3) is 0 Å². The normalized spacial score (nSPS) is 38.0. The summed E-state index contributed by atoms with van der Waals surface area (Å²) in [5, 5.41) is 0. The third-order valence-corrected chi connectivity index (χ3v) is 3.67. The molecule has 1 aliphatic heterocycles. The molecule has 2 unspecified atom stereocenters. The molecule has 0 aromatic rings. The minimum atomic E-state index is -0.296. The Bertz CT molecular complexity index is 233. The average Bonchev–Trinajstić information content (AvgIpc) is 2.93. The molecule has 0 amide bonds. The highest BCUT2D eigenvalue weighted by Gasteiger charge is 2.61. The molecule has 1 aliphatic carbocycles. The third-order valence-electron chi connectivity index (χ3n) is 3.67. The zero-order valence-corrected chi connectivity index (χ0v) is 8.91. The number of carbonyl (C=O) groups excluding carboxylic acids is 1. The van der Waals surface area contributed by atoms with Gasteiger partial charge in [-0.3, -0.25) is 0 Å². The number of esters is 1. The molecule has 2 rings (SSSR count). The van der Waals surface area contributed by atoms with Gasteiger partial charge in [-0.15, -0.1) is 0 Å². The fourth-order valence-electron chi connectivity index (χ4n) is 2.60. The predicted octanol–water partition coefficient (Wildman–Crippen LogP) is 1.90. The maximum absolute atomic E-state index is 11.3. The van der Waals surface area contributed by atoms with Crippen molar-refractivity contribution in [3.8, 4) is 0 Å². The van der Waals surface area contributed by atoms with Crippen LogP contribution in [0.5, 0.6) is 0 Å². The third kappa shape index (κ3) is 1.54. The molecule has 1 saturated heterocycles. The number of rotatable bonds is 2. The Morgan fingerprint density at radius 2 is 2.00 bits per heavy atom. The standard InChI is InChI=1S/C11H18O3/c1-11(8-6-4-3-5-7-8)9(14-11)10(12)13-2/h8-9H,3-7H2,1-2H3. The molecule has 0 spiro atoms. The fourth-order valence-corrected chi connectivity index (χ4v) is 2.60. The molecule has 2 atom stereocenters. The summed E-state index contributed by atoms with van der Waals surface area (Å²) in [6.45, 7) is 2.05. The number of ether oxygens (including phenoxy) is 2. The number of methoxy groups -OCH3 is 1. The highest BCUT2D eigenvalue weighted by atomic mass is 16.7. The van der Waals surface area contributed by atoms with Crippen LogP contribution in [0.1, 0.15) is 39.0 Å². The SMILES string of the molecule is COC(=O)C1OC1(C)C1CCCCC1. The van der Waals surface area contributed by atoms with Crippen molar-refractivity contribution in [2.45, 2.75) is 50.7 Å². The van der Waals surface area contributed by atoms with Crippen molar-refractivity contribution in [2.75, 3.05) is 7.11 Å². The summed E-state index contributed by atoms with van der Waals surface area (Å²) in [7, 11) is 1.42. The Balaban J connectivity index is 1.95. The molecule has 1 heterocycles. The van der Waals surface area contributed by atoms with E-state index < -0.39 is 0 Å². The molecule has 0 aromatic heterocycles. The maximum atomic E-state index is 11.3. The molecule has 2 aliphatic rings. The van der Waals surface area contributed by atoms with Crippen LogP contribution in [0.3, 0.4) is 0 Å². The van der Waals surface area contributed by atoms with Gasteiger partial charge in [0.25, 0.3) is 0 Å². The van der Waals surface area contributed by atoms with Gasteiger partial charge in [0.2, 0.25) is 0 Å². The van der Waals surface area contributed by atoms with Crippen molar-refractivity contribution in [1.82, 2.24) is 0 Å². The molecule has 3 heteroatoms. The van der Waals surface area contributed by atoms with Crippen molar-refractivity contribution in [3.63, 3.8) is 0 Å². The van der Waals surface area contributed by atoms with Gasteiger partial charge in [0, 0.05) is 0 Å². The highest BCUT2D eigenvalue weighted by Crippen LogP contribution is 2.48. The fraction of sp³-hybridized carbons (Fsp3) is 0.909. The van der Waals surface area contributed by atoms with Crippen LogP contribution in [0, 0.1) is 5.92 Å². The Morgan fingerprint density at radius 1 is 1.36 bits per heavy atom. The van der Waals surface area contributed by atoms with E-state index in [1.165, 1.54) is 39.2 Å². The summed E-state index contributed by atoms with van der Waals surface area (Å²) >= 11 is 0. The molecular weight excluding hydrogens is 180 g/mol. The van der Waals surface area contributed by atoms with E-state index in [1.807, 2.05) is 6.92 Å². The van der Waals surface area contributed by atoms with E-state index in [4.69, 9.17) is 9.47 Å². The molecule has 0 radical (unpaired) electrons. The number of carbonyl (C=O) groups is 1. The average molecular weight is 198 g/mol. The summed E-state index contributed by atoms with van der Waals surface area (Å²) in [6, 6.07) is 0. The van der Waals surface area contributed by atoms with Crippen molar-refractivity contribution < 1.29 is 14.3 Å². The van der Waals surface area contributed by atoms with Gasteiger partial charge in [-0.25, -0.2) is 4.79 Å². The lowest BCUT2D eigenvalue weighted by molar-refractivity contribution is -0.142. The number of hydrogen-bond donors (Lipinski definition) is 0. The molecule has 2 fully saturated rings. The lowest BCUT2D eigenvalue weighted by atomic mass is 9.79. The first kappa shape index (κ1) is 9.97. The van der Waals surface area contributed by atoms with E-state index in [-0.39, 0.29) is 17.7 Å². The van der Waals surface area contributed by atoms with Gasteiger partial charge in [-0.05, 0) is 25.7 Å². The summed E-state index contributed by atoms with van der Waals surface area (Å²) in [5.74, 6) is 0.346. The number of epoxide rings is 1. The first-order valence-corrected chi connectivity index (χ1v) is 5.44. The van der Waals surface area contributed by atoms with Crippen LogP contribution >= 0.6 is 0 Å². The lowest BCUT2D eigenvalue weighted by Crippen LogP contribution is -2.29. The van der Waals surface area contributed by atoms with Gasteiger partial charge in [-0.2, -0.15) is 0 Å². The van der Waals surface area contributed by atoms with Crippen LogP contribution in [0.4, 0.5) is 0 Å². The van der Waals surface area contributed by atoms with Gasteiger partial charge in [0.05, 0.1) is 7.11 Å². The van der Waals surface area contributed by atoms with E-state index in [0.29, 0.717) is 5.92 Å². The second kappa shape index (κ2) is 3.54. The zero-order valence-electron chi connectivity index (χ0n) is 8.91. The highest BCUT2D eigenvalue weighted by molar-refractivity contribution is 5.79. The Morgan fingerprint density at radius 3 is 2.57 bits per heavy atom. The van der Waals surface area contributed by atoms with Crippen LogP contribution < -0.4 is 0 Å². The monoisotopic (exact) mass is 198 g/mol. The molecule has 0 aromatic carbocycles. The Kier molecular flexibility index (Phi) is 2.52. The van der Waals surface area contributed by atoms with Crippen molar-refractivity contribution >= 4 is 5.97 Å². The molecule has 0 bridgehead atoms. The molecular formula is C11H18O3. The molecule has 3 nitrogen and oxygen atoms in total. The van der Waals surface area contributed by atoms with Gasteiger partial charge in [-0.1, -0.05) is 19.3 Å². The Labute approximate surface area is 84.8 Å².